The lowest BCUT2D eigenvalue weighted by molar-refractivity contribution is -0.704. The highest BCUT2D eigenvalue weighted by Gasteiger charge is 2.24. The van der Waals surface area contributed by atoms with E-state index in [1.54, 1.807) is 6.92 Å². The minimum atomic E-state index is -0.0829. The summed E-state index contributed by atoms with van der Waals surface area (Å²) < 4.78 is 8.53. The van der Waals surface area contributed by atoms with Crippen LogP contribution in [0.5, 0.6) is 5.75 Å². The number of pyridine rings is 1. The fourth-order valence-corrected chi connectivity index (χ4v) is 4.83. The van der Waals surface area contributed by atoms with Crippen LogP contribution in [0.2, 0.25) is 0 Å². The molecule has 1 amide bonds. The number of amides is 1. The largest absolute Gasteiger partial charge is 0.493 e. The van der Waals surface area contributed by atoms with Crippen molar-refractivity contribution in [2.24, 2.45) is 0 Å². The van der Waals surface area contributed by atoms with Crippen LogP contribution in [0.1, 0.15) is 123 Å². The Kier molecular flexibility index (Phi) is 13.7. The molecule has 0 bridgehead atoms. The molecular weight excluding hydrogens is 456 g/mol. The SMILES string of the molecule is CCCCCCCCCCCCOc1ccc(N(Cc2cccc[n+]2CCC)C(C)=O)cc1C(C)(C)C. The second-order valence-corrected chi connectivity index (χ2v) is 11.5. The van der Waals surface area contributed by atoms with Gasteiger partial charge in [-0.3, -0.25) is 4.79 Å². The maximum absolute atomic E-state index is 12.7. The number of unbranched alkanes of at least 4 members (excludes halogenated alkanes) is 9. The van der Waals surface area contributed by atoms with Gasteiger partial charge in [0, 0.05) is 36.7 Å². The van der Waals surface area contributed by atoms with Crippen molar-refractivity contribution in [3.8, 4) is 5.75 Å². The number of rotatable bonds is 17. The molecule has 0 aliphatic heterocycles. The molecule has 0 aliphatic rings. The number of ether oxygens (including phenoxy) is 1. The number of hydrogen-bond donors (Lipinski definition) is 0. The zero-order valence-corrected chi connectivity index (χ0v) is 24.7. The van der Waals surface area contributed by atoms with Gasteiger partial charge in [0.25, 0.3) is 0 Å². The maximum atomic E-state index is 12.7. The summed E-state index contributed by atoms with van der Waals surface area (Å²) in [5.74, 6) is 0.988. The molecule has 206 valence electrons. The fraction of sp³-hybridized carbons (Fsp3) is 0.636. The smallest absolute Gasteiger partial charge is 0.224 e. The number of aromatic nitrogens is 1. The van der Waals surface area contributed by atoms with Crippen LogP contribution in [0.3, 0.4) is 0 Å². The van der Waals surface area contributed by atoms with Gasteiger partial charge in [-0.25, -0.2) is 4.57 Å². The van der Waals surface area contributed by atoms with Crippen LogP contribution in [0.25, 0.3) is 0 Å². The molecule has 0 unspecified atom stereocenters. The van der Waals surface area contributed by atoms with Gasteiger partial charge in [0.15, 0.2) is 6.20 Å². The van der Waals surface area contributed by atoms with Crippen molar-refractivity contribution >= 4 is 11.6 Å². The zero-order chi connectivity index (χ0) is 27.1. The quantitative estimate of drug-likeness (QED) is 0.158. The molecule has 0 aliphatic carbocycles. The number of aryl methyl sites for hydroxylation is 1. The molecule has 0 fully saturated rings. The Balaban J connectivity index is 1.99. The van der Waals surface area contributed by atoms with Crippen LogP contribution < -0.4 is 14.2 Å². The van der Waals surface area contributed by atoms with Crippen molar-refractivity contribution in [1.82, 2.24) is 0 Å². The van der Waals surface area contributed by atoms with E-state index in [0.29, 0.717) is 6.54 Å². The van der Waals surface area contributed by atoms with Crippen molar-refractivity contribution in [2.75, 3.05) is 11.5 Å². The average Bonchev–Trinajstić information content (AvgIpc) is 2.86. The van der Waals surface area contributed by atoms with Gasteiger partial charge in [-0.15, -0.1) is 0 Å². The molecule has 4 nitrogen and oxygen atoms in total. The van der Waals surface area contributed by atoms with E-state index in [4.69, 9.17) is 4.74 Å². The van der Waals surface area contributed by atoms with E-state index in [1.165, 1.54) is 57.8 Å². The Morgan fingerprint density at radius 2 is 1.51 bits per heavy atom. The van der Waals surface area contributed by atoms with Gasteiger partial charge < -0.3 is 9.64 Å². The molecule has 0 spiro atoms. The van der Waals surface area contributed by atoms with Crippen LogP contribution in [-0.4, -0.2) is 12.5 Å². The van der Waals surface area contributed by atoms with E-state index in [-0.39, 0.29) is 11.3 Å². The normalized spacial score (nSPS) is 11.5. The number of nitrogens with zero attached hydrogens (tertiary/aromatic N) is 2. The highest BCUT2D eigenvalue weighted by atomic mass is 16.5. The first-order valence-corrected chi connectivity index (χ1v) is 14.8. The predicted molar refractivity (Wildman–Crippen MR) is 156 cm³/mol. The molecule has 2 aromatic rings. The molecule has 0 saturated heterocycles. The molecule has 0 N–H and O–H groups in total. The molecule has 2 rings (SSSR count). The lowest BCUT2D eigenvalue weighted by Gasteiger charge is -2.27. The third-order valence-corrected chi connectivity index (χ3v) is 7.04. The first-order chi connectivity index (χ1) is 17.8. The summed E-state index contributed by atoms with van der Waals surface area (Å²) in [5.41, 5.74) is 3.13. The monoisotopic (exact) mass is 509 g/mol. The van der Waals surface area contributed by atoms with Crippen molar-refractivity contribution in [3.05, 3.63) is 53.9 Å². The molecular formula is C33H53N2O2+. The van der Waals surface area contributed by atoms with Gasteiger partial charge in [0.2, 0.25) is 11.6 Å². The van der Waals surface area contributed by atoms with E-state index >= 15 is 0 Å². The second kappa shape index (κ2) is 16.5. The molecule has 4 heteroatoms. The van der Waals surface area contributed by atoms with Crippen molar-refractivity contribution in [1.29, 1.82) is 0 Å². The number of benzene rings is 1. The first-order valence-electron chi connectivity index (χ1n) is 14.8. The van der Waals surface area contributed by atoms with E-state index in [9.17, 15) is 4.79 Å². The lowest BCUT2D eigenvalue weighted by atomic mass is 9.86. The lowest BCUT2D eigenvalue weighted by Crippen LogP contribution is -2.41. The van der Waals surface area contributed by atoms with E-state index < -0.39 is 0 Å². The van der Waals surface area contributed by atoms with E-state index in [2.05, 4.69) is 69.6 Å². The molecule has 1 aromatic heterocycles. The minimum Gasteiger partial charge on any atom is -0.493 e. The number of hydrogen-bond acceptors (Lipinski definition) is 2. The Labute approximate surface area is 227 Å². The van der Waals surface area contributed by atoms with Crippen LogP contribution in [0, 0.1) is 0 Å². The average molecular weight is 510 g/mol. The topological polar surface area (TPSA) is 33.4 Å². The maximum Gasteiger partial charge on any atom is 0.224 e. The van der Waals surface area contributed by atoms with Crippen LogP contribution in [0.4, 0.5) is 5.69 Å². The summed E-state index contributed by atoms with van der Waals surface area (Å²) in [4.78, 5) is 14.6. The van der Waals surface area contributed by atoms with E-state index in [1.807, 2.05) is 17.0 Å². The molecule has 0 radical (unpaired) electrons. The Bertz CT molecular complexity index is 932. The first kappa shape index (κ1) is 30.9. The Hall–Kier alpha value is -2.36. The van der Waals surface area contributed by atoms with Crippen LogP contribution in [0.15, 0.2) is 42.6 Å². The molecule has 0 atom stereocenters. The Morgan fingerprint density at radius 3 is 2.11 bits per heavy atom. The van der Waals surface area contributed by atoms with E-state index in [0.717, 1.165) is 48.7 Å². The fourth-order valence-electron chi connectivity index (χ4n) is 4.83. The third-order valence-electron chi connectivity index (χ3n) is 7.04. The third kappa shape index (κ3) is 10.9. The molecule has 0 saturated carbocycles. The summed E-state index contributed by atoms with van der Waals surface area (Å²) >= 11 is 0. The Morgan fingerprint density at radius 1 is 0.865 bits per heavy atom. The molecule has 1 aromatic carbocycles. The van der Waals surface area contributed by atoms with Crippen molar-refractivity contribution in [2.45, 2.75) is 131 Å². The van der Waals surface area contributed by atoms with Gasteiger partial charge >= 0.3 is 0 Å². The summed E-state index contributed by atoms with van der Waals surface area (Å²) in [7, 11) is 0. The standard InChI is InChI=1S/C33H53N2O2/c1-7-9-10-11-12-13-14-15-16-19-25-37-32-22-21-29(26-31(32)33(4,5)6)35(28(3)36)27-30-20-17-18-24-34(30)23-8-2/h17-18,20-22,24,26H,7-16,19,23,25,27H2,1-6H3/q+1. The number of carbonyl (C=O) groups is 1. The van der Waals surface area contributed by atoms with Crippen LogP contribution in [-0.2, 0) is 23.3 Å². The predicted octanol–water partition coefficient (Wildman–Crippen LogP) is 8.53. The summed E-state index contributed by atoms with van der Waals surface area (Å²) in [6.07, 6.45) is 16.4. The van der Waals surface area contributed by atoms with Gasteiger partial charge in [0.05, 0.1) is 6.61 Å². The van der Waals surface area contributed by atoms with Crippen LogP contribution >= 0.6 is 0 Å². The molecule has 37 heavy (non-hydrogen) atoms. The summed E-state index contributed by atoms with van der Waals surface area (Å²) in [6, 6.07) is 12.5. The number of anilines is 1. The highest BCUT2D eigenvalue weighted by molar-refractivity contribution is 5.91. The van der Waals surface area contributed by atoms with Crippen molar-refractivity contribution in [3.63, 3.8) is 0 Å². The summed E-state index contributed by atoms with van der Waals surface area (Å²) in [6.45, 7) is 15.0. The van der Waals surface area contributed by atoms with Crippen molar-refractivity contribution < 1.29 is 14.1 Å². The van der Waals surface area contributed by atoms with Gasteiger partial charge in [-0.1, -0.05) is 98.5 Å². The minimum absolute atomic E-state index is 0.0470. The highest BCUT2D eigenvalue weighted by Crippen LogP contribution is 2.35. The summed E-state index contributed by atoms with van der Waals surface area (Å²) in [5, 5.41) is 0. The number of carbonyl (C=O) groups excluding carboxylic acids is 1. The van der Waals surface area contributed by atoms with Gasteiger partial charge in [0.1, 0.15) is 18.8 Å². The second-order valence-electron chi connectivity index (χ2n) is 11.5. The van der Waals surface area contributed by atoms with Gasteiger partial charge in [-0.05, 0) is 30.0 Å². The van der Waals surface area contributed by atoms with Gasteiger partial charge in [-0.2, -0.15) is 0 Å². The zero-order valence-electron chi connectivity index (χ0n) is 24.7. The molecule has 1 heterocycles.